The summed E-state index contributed by atoms with van der Waals surface area (Å²) in [6, 6.07) is 12.6. The standard InChI is InChI=1S/C16H17ClN2O2/c1-21-13-5-2-11(3-6-13)8-9-19-16(20)14-7-4-12(18)10-15(14)17/h2-7,10H,8-9,18H2,1H3,(H,19,20). The fraction of sp³-hybridized carbons (Fsp3) is 0.188. The van der Waals surface area contributed by atoms with E-state index in [9.17, 15) is 4.79 Å². The zero-order chi connectivity index (χ0) is 15.2. The first-order valence-corrected chi connectivity index (χ1v) is 6.94. The number of halogens is 1. The molecule has 2 rings (SSSR count). The lowest BCUT2D eigenvalue weighted by Gasteiger charge is -2.08. The van der Waals surface area contributed by atoms with Crippen molar-refractivity contribution in [3.63, 3.8) is 0 Å². The lowest BCUT2D eigenvalue weighted by Crippen LogP contribution is -2.26. The molecule has 4 nitrogen and oxygen atoms in total. The van der Waals surface area contributed by atoms with E-state index in [-0.39, 0.29) is 5.91 Å². The maximum Gasteiger partial charge on any atom is 0.252 e. The Kier molecular flexibility index (Phi) is 5.06. The summed E-state index contributed by atoms with van der Waals surface area (Å²) in [5.74, 6) is 0.616. The Morgan fingerprint density at radius 1 is 1.24 bits per heavy atom. The number of nitrogens with one attached hydrogen (secondary N) is 1. The van der Waals surface area contributed by atoms with Gasteiger partial charge in [-0.2, -0.15) is 0 Å². The maximum atomic E-state index is 12.0. The molecular weight excluding hydrogens is 288 g/mol. The van der Waals surface area contributed by atoms with Crippen LogP contribution < -0.4 is 15.8 Å². The van der Waals surface area contributed by atoms with Crippen LogP contribution in [0.3, 0.4) is 0 Å². The van der Waals surface area contributed by atoms with Crippen LogP contribution in [0.25, 0.3) is 0 Å². The highest BCUT2D eigenvalue weighted by atomic mass is 35.5. The van der Waals surface area contributed by atoms with Crippen LogP contribution in [-0.2, 0) is 6.42 Å². The average molecular weight is 305 g/mol. The minimum Gasteiger partial charge on any atom is -0.497 e. The molecule has 0 bridgehead atoms. The van der Waals surface area contributed by atoms with Gasteiger partial charge in [-0.15, -0.1) is 0 Å². The van der Waals surface area contributed by atoms with Crippen LogP contribution in [0.2, 0.25) is 5.02 Å². The van der Waals surface area contributed by atoms with E-state index in [0.29, 0.717) is 22.8 Å². The Hall–Kier alpha value is -2.20. The van der Waals surface area contributed by atoms with Crippen LogP contribution >= 0.6 is 11.6 Å². The van der Waals surface area contributed by atoms with Gasteiger partial charge >= 0.3 is 0 Å². The van der Waals surface area contributed by atoms with Crippen molar-refractivity contribution >= 4 is 23.2 Å². The molecular formula is C16H17ClN2O2. The van der Waals surface area contributed by atoms with Crippen molar-refractivity contribution in [2.75, 3.05) is 19.4 Å². The third-order valence-electron chi connectivity index (χ3n) is 3.10. The number of rotatable bonds is 5. The third kappa shape index (κ3) is 4.13. The van der Waals surface area contributed by atoms with Crippen LogP contribution in [0.15, 0.2) is 42.5 Å². The first kappa shape index (κ1) is 15.2. The number of carbonyl (C=O) groups is 1. The summed E-state index contributed by atoms with van der Waals surface area (Å²) in [5, 5.41) is 3.20. The molecule has 2 aromatic carbocycles. The molecule has 0 heterocycles. The van der Waals surface area contributed by atoms with E-state index in [1.807, 2.05) is 24.3 Å². The molecule has 0 spiro atoms. The minimum absolute atomic E-state index is 0.200. The summed E-state index contributed by atoms with van der Waals surface area (Å²) in [7, 11) is 1.63. The van der Waals surface area contributed by atoms with Gasteiger partial charge in [-0.1, -0.05) is 23.7 Å². The molecule has 0 fully saturated rings. The fourth-order valence-corrected chi connectivity index (χ4v) is 2.20. The zero-order valence-electron chi connectivity index (χ0n) is 11.7. The van der Waals surface area contributed by atoms with E-state index >= 15 is 0 Å². The molecule has 21 heavy (non-hydrogen) atoms. The Morgan fingerprint density at radius 2 is 1.95 bits per heavy atom. The quantitative estimate of drug-likeness (QED) is 0.835. The largest absolute Gasteiger partial charge is 0.497 e. The molecule has 3 N–H and O–H groups in total. The Labute approximate surface area is 128 Å². The minimum atomic E-state index is -0.200. The van der Waals surface area contributed by atoms with Crippen molar-refractivity contribution in [2.24, 2.45) is 0 Å². The lowest BCUT2D eigenvalue weighted by atomic mass is 10.1. The highest BCUT2D eigenvalue weighted by Gasteiger charge is 2.09. The van der Waals surface area contributed by atoms with Crippen LogP contribution in [0.5, 0.6) is 5.75 Å². The van der Waals surface area contributed by atoms with E-state index < -0.39 is 0 Å². The second kappa shape index (κ2) is 6.99. The van der Waals surface area contributed by atoms with Crippen molar-refractivity contribution < 1.29 is 9.53 Å². The molecule has 0 aliphatic heterocycles. The molecule has 5 heteroatoms. The van der Waals surface area contributed by atoms with Crippen molar-refractivity contribution in [3.8, 4) is 5.75 Å². The number of benzene rings is 2. The van der Waals surface area contributed by atoms with Gasteiger partial charge in [-0.3, -0.25) is 4.79 Å². The van der Waals surface area contributed by atoms with Crippen LogP contribution in [0.1, 0.15) is 15.9 Å². The van der Waals surface area contributed by atoms with Gasteiger partial charge in [0.25, 0.3) is 5.91 Å². The smallest absolute Gasteiger partial charge is 0.252 e. The fourth-order valence-electron chi connectivity index (χ4n) is 1.92. The van der Waals surface area contributed by atoms with Gasteiger partial charge < -0.3 is 15.8 Å². The number of ether oxygens (including phenoxy) is 1. The molecule has 0 saturated heterocycles. The topological polar surface area (TPSA) is 64.3 Å². The Bertz CT molecular complexity index is 627. The summed E-state index contributed by atoms with van der Waals surface area (Å²) in [4.78, 5) is 12.0. The SMILES string of the molecule is COc1ccc(CCNC(=O)c2ccc(N)cc2Cl)cc1. The first-order chi connectivity index (χ1) is 10.1. The second-order valence-corrected chi connectivity index (χ2v) is 5.00. The summed E-state index contributed by atoms with van der Waals surface area (Å²) in [6.45, 7) is 0.534. The summed E-state index contributed by atoms with van der Waals surface area (Å²) in [5.41, 5.74) is 7.69. The number of amides is 1. The number of hydrogen-bond donors (Lipinski definition) is 2. The molecule has 110 valence electrons. The molecule has 0 aliphatic carbocycles. The number of carbonyl (C=O) groups excluding carboxylic acids is 1. The first-order valence-electron chi connectivity index (χ1n) is 6.56. The van der Waals surface area contributed by atoms with Crippen molar-refractivity contribution in [2.45, 2.75) is 6.42 Å². The van der Waals surface area contributed by atoms with Gasteiger partial charge in [-0.05, 0) is 42.3 Å². The molecule has 0 saturated carbocycles. The van der Waals surface area contributed by atoms with Crippen LogP contribution in [0, 0.1) is 0 Å². The van der Waals surface area contributed by atoms with E-state index in [1.165, 1.54) is 0 Å². The van der Waals surface area contributed by atoms with E-state index in [0.717, 1.165) is 17.7 Å². The van der Waals surface area contributed by atoms with Crippen LogP contribution in [-0.4, -0.2) is 19.6 Å². The number of nitrogen functional groups attached to an aromatic ring is 1. The predicted molar refractivity (Wildman–Crippen MR) is 84.9 cm³/mol. The monoisotopic (exact) mass is 304 g/mol. The summed E-state index contributed by atoms with van der Waals surface area (Å²) in [6.07, 6.45) is 0.738. The summed E-state index contributed by atoms with van der Waals surface area (Å²) < 4.78 is 5.10. The van der Waals surface area contributed by atoms with Crippen molar-refractivity contribution in [1.82, 2.24) is 5.32 Å². The van der Waals surface area contributed by atoms with E-state index in [4.69, 9.17) is 22.1 Å². The average Bonchev–Trinajstić information content (AvgIpc) is 2.47. The molecule has 0 atom stereocenters. The molecule has 2 aromatic rings. The van der Waals surface area contributed by atoms with Gasteiger partial charge in [0, 0.05) is 12.2 Å². The second-order valence-electron chi connectivity index (χ2n) is 4.59. The number of nitrogens with two attached hydrogens (primary N) is 1. The van der Waals surface area contributed by atoms with Gasteiger partial charge in [0.2, 0.25) is 0 Å². The van der Waals surface area contributed by atoms with Crippen molar-refractivity contribution in [1.29, 1.82) is 0 Å². The Balaban J connectivity index is 1.88. The molecule has 0 aliphatic rings. The Morgan fingerprint density at radius 3 is 2.57 bits per heavy atom. The highest BCUT2D eigenvalue weighted by molar-refractivity contribution is 6.34. The molecule has 0 radical (unpaired) electrons. The van der Waals surface area contributed by atoms with Gasteiger partial charge in [-0.25, -0.2) is 0 Å². The van der Waals surface area contributed by atoms with Gasteiger partial charge in [0.1, 0.15) is 5.75 Å². The van der Waals surface area contributed by atoms with Gasteiger partial charge in [0.05, 0.1) is 17.7 Å². The molecule has 1 amide bonds. The zero-order valence-corrected chi connectivity index (χ0v) is 12.5. The summed E-state index contributed by atoms with van der Waals surface area (Å²) >= 11 is 6.00. The number of anilines is 1. The van der Waals surface area contributed by atoms with E-state index in [1.54, 1.807) is 25.3 Å². The highest BCUT2D eigenvalue weighted by Crippen LogP contribution is 2.19. The van der Waals surface area contributed by atoms with Crippen LogP contribution in [0.4, 0.5) is 5.69 Å². The lowest BCUT2D eigenvalue weighted by molar-refractivity contribution is 0.0954. The third-order valence-corrected chi connectivity index (χ3v) is 3.41. The maximum absolute atomic E-state index is 12.0. The van der Waals surface area contributed by atoms with Crippen molar-refractivity contribution in [3.05, 3.63) is 58.6 Å². The normalized spacial score (nSPS) is 10.2. The number of hydrogen-bond acceptors (Lipinski definition) is 3. The molecule has 0 aromatic heterocycles. The predicted octanol–water partition coefficient (Wildman–Crippen LogP) is 2.90. The number of methoxy groups -OCH3 is 1. The molecule has 0 unspecified atom stereocenters. The van der Waals surface area contributed by atoms with E-state index in [2.05, 4.69) is 5.32 Å². The van der Waals surface area contributed by atoms with Gasteiger partial charge in [0.15, 0.2) is 0 Å².